The molecule has 29 heavy (non-hydrogen) atoms. The van der Waals surface area contributed by atoms with E-state index < -0.39 is 8.88 Å². The van der Waals surface area contributed by atoms with Gasteiger partial charge in [-0.25, -0.2) is 0 Å². The van der Waals surface area contributed by atoms with E-state index >= 15 is 0 Å². The fraction of sp³-hybridized carbons (Fsp3) is 1.00. The zero-order valence-corrected chi connectivity index (χ0v) is 20.9. The first-order chi connectivity index (χ1) is 13.9. The fourth-order valence-electron chi connectivity index (χ4n) is 7.97. The molecule has 0 aromatic heterocycles. The molecule has 2 saturated heterocycles. The summed E-state index contributed by atoms with van der Waals surface area (Å²) in [6, 6.07) is 2.40. The number of fused-ring (bicyclic) bond motifs is 2. The van der Waals surface area contributed by atoms with E-state index in [2.05, 4.69) is 36.8 Å². The van der Waals surface area contributed by atoms with E-state index in [0.29, 0.717) is 24.2 Å². The number of piperidine rings is 2. The Morgan fingerprint density at radius 2 is 1.00 bits per heavy atom. The molecule has 0 aromatic carbocycles. The summed E-state index contributed by atoms with van der Waals surface area (Å²) in [7, 11) is 1.24. The Hall–Kier alpha value is 0.0569. The minimum Gasteiger partial charge on any atom is -0.374 e. The van der Waals surface area contributed by atoms with Crippen molar-refractivity contribution in [1.29, 1.82) is 0 Å². The standard InChI is InChI=1S/C24H46N2O2Si/c1-17-9-7-11-23-21(17)15-13-19(3)25(23)29(27-5,28-6)26-20(4)14-16-22-18(2)10-8-12-24(22)26/h17-24H,7-16H2,1-6H3. The molecule has 0 bridgehead atoms. The molecule has 2 heterocycles. The second-order valence-corrected chi connectivity index (χ2v) is 13.8. The lowest BCUT2D eigenvalue weighted by Gasteiger charge is -2.61. The summed E-state index contributed by atoms with van der Waals surface area (Å²) >= 11 is 0. The Morgan fingerprint density at radius 1 is 0.586 bits per heavy atom. The molecule has 0 spiro atoms. The third kappa shape index (κ3) is 3.67. The molecule has 2 aliphatic carbocycles. The number of hydrogen-bond acceptors (Lipinski definition) is 4. The Morgan fingerprint density at radius 3 is 1.38 bits per heavy atom. The molecule has 2 saturated carbocycles. The van der Waals surface area contributed by atoms with E-state index in [1.807, 2.05) is 14.2 Å². The van der Waals surface area contributed by atoms with E-state index in [1.165, 1.54) is 64.2 Å². The van der Waals surface area contributed by atoms with Gasteiger partial charge in [-0.15, -0.1) is 0 Å². The molecule has 0 N–H and O–H groups in total. The summed E-state index contributed by atoms with van der Waals surface area (Å²) in [5, 5.41) is 0. The van der Waals surface area contributed by atoms with Gasteiger partial charge in [0.1, 0.15) is 0 Å². The van der Waals surface area contributed by atoms with Gasteiger partial charge >= 0.3 is 8.88 Å². The van der Waals surface area contributed by atoms with Crippen LogP contribution >= 0.6 is 0 Å². The Kier molecular flexibility index (Phi) is 6.83. The van der Waals surface area contributed by atoms with Gasteiger partial charge in [-0.2, -0.15) is 0 Å². The van der Waals surface area contributed by atoms with Crippen LogP contribution in [0.5, 0.6) is 0 Å². The maximum Gasteiger partial charge on any atom is 0.522 e. The third-order valence-electron chi connectivity index (χ3n) is 9.45. The van der Waals surface area contributed by atoms with E-state index in [4.69, 9.17) is 8.85 Å². The van der Waals surface area contributed by atoms with Gasteiger partial charge in [0, 0.05) is 38.4 Å². The molecule has 2 aliphatic heterocycles. The maximum atomic E-state index is 6.64. The highest BCUT2D eigenvalue weighted by Crippen LogP contribution is 2.48. The molecule has 5 heteroatoms. The van der Waals surface area contributed by atoms with Gasteiger partial charge in [0.05, 0.1) is 0 Å². The van der Waals surface area contributed by atoms with Crippen molar-refractivity contribution in [3.8, 4) is 0 Å². The first kappa shape index (κ1) is 22.3. The van der Waals surface area contributed by atoms with E-state index in [9.17, 15) is 0 Å². The van der Waals surface area contributed by atoms with Crippen molar-refractivity contribution in [2.75, 3.05) is 14.2 Å². The maximum absolute atomic E-state index is 6.64. The minimum absolute atomic E-state index is 0.557. The average molecular weight is 423 g/mol. The average Bonchev–Trinajstić information content (AvgIpc) is 2.71. The second kappa shape index (κ2) is 8.89. The molecule has 168 valence electrons. The van der Waals surface area contributed by atoms with Crippen molar-refractivity contribution in [3.05, 3.63) is 0 Å². The highest BCUT2D eigenvalue weighted by molar-refractivity contribution is 6.61. The quantitative estimate of drug-likeness (QED) is 0.575. The number of rotatable bonds is 4. The van der Waals surface area contributed by atoms with Gasteiger partial charge in [-0.05, 0) is 76.0 Å². The summed E-state index contributed by atoms with van der Waals surface area (Å²) in [6.07, 6.45) is 13.5. The molecular weight excluding hydrogens is 376 g/mol. The predicted molar refractivity (Wildman–Crippen MR) is 121 cm³/mol. The molecule has 4 aliphatic rings. The van der Waals surface area contributed by atoms with Crippen molar-refractivity contribution < 1.29 is 8.85 Å². The van der Waals surface area contributed by atoms with Crippen LogP contribution < -0.4 is 0 Å². The highest BCUT2D eigenvalue weighted by Gasteiger charge is 2.62. The smallest absolute Gasteiger partial charge is 0.374 e. The summed E-state index contributed by atoms with van der Waals surface area (Å²) in [6.45, 7) is 9.89. The van der Waals surface area contributed by atoms with E-state index in [-0.39, 0.29) is 0 Å². The number of nitrogens with zero attached hydrogens (tertiary/aromatic N) is 2. The molecule has 4 fully saturated rings. The van der Waals surface area contributed by atoms with Gasteiger partial charge in [0.25, 0.3) is 0 Å². The van der Waals surface area contributed by atoms with E-state index in [0.717, 1.165) is 23.7 Å². The first-order valence-corrected chi connectivity index (χ1v) is 14.3. The minimum atomic E-state index is -2.68. The van der Waals surface area contributed by atoms with Crippen LogP contribution in [0.1, 0.15) is 91.9 Å². The van der Waals surface area contributed by atoms with Crippen molar-refractivity contribution in [2.24, 2.45) is 23.7 Å². The van der Waals surface area contributed by atoms with Gasteiger partial charge in [-0.3, -0.25) is 9.13 Å². The normalized spacial score (nSPS) is 44.9. The molecular formula is C24H46N2O2Si. The van der Waals surface area contributed by atoms with Crippen molar-refractivity contribution in [1.82, 2.24) is 9.13 Å². The highest BCUT2D eigenvalue weighted by atomic mass is 28.4. The van der Waals surface area contributed by atoms with Crippen LogP contribution in [-0.4, -0.2) is 56.4 Å². The molecule has 0 radical (unpaired) electrons. The summed E-state index contributed by atoms with van der Waals surface area (Å²) in [5.41, 5.74) is 0. The second-order valence-electron chi connectivity index (χ2n) is 10.9. The SMILES string of the molecule is CO[Si](OC)(N1C(C)CCC2C(C)CCCC21)N1C(C)CCC2C(C)CCCC21. The van der Waals surface area contributed by atoms with Gasteiger partial charge in [0.15, 0.2) is 0 Å². The fourth-order valence-corrected chi connectivity index (χ4v) is 12.1. The monoisotopic (exact) mass is 422 g/mol. The lowest BCUT2D eigenvalue weighted by atomic mass is 9.72. The van der Waals surface area contributed by atoms with Crippen LogP contribution in [0.3, 0.4) is 0 Å². The Balaban J connectivity index is 1.73. The van der Waals surface area contributed by atoms with E-state index in [1.54, 1.807) is 0 Å². The Labute approximate surface area is 181 Å². The lowest BCUT2D eigenvalue weighted by Crippen LogP contribution is -2.79. The van der Waals surface area contributed by atoms with Crippen LogP contribution in [0.4, 0.5) is 0 Å². The zero-order chi connectivity index (χ0) is 20.8. The third-order valence-corrected chi connectivity index (χ3v) is 13.4. The van der Waals surface area contributed by atoms with Crippen LogP contribution in [-0.2, 0) is 8.85 Å². The van der Waals surface area contributed by atoms with Gasteiger partial charge < -0.3 is 8.85 Å². The molecule has 0 amide bonds. The molecule has 8 unspecified atom stereocenters. The van der Waals surface area contributed by atoms with Crippen LogP contribution in [0.25, 0.3) is 0 Å². The van der Waals surface area contributed by atoms with Crippen LogP contribution in [0.15, 0.2) is 0 Å². The van der Waals surface area contributed by atoms with Crippen molar-refractivity contribution >= 4 is 8.88 Å². The molecule has 0 aromatic rings. The van der Waals surface area contributed by atoms with Crippen molar-refractivity contribution in [3.63, 3.8) is 0 Å². The summed E-state index contributed by atoms with van der Waals surface area (Å²) in [5.74, 6) is 3.31. The predicted octanol–water partition coefficient (Wildman–Crippen LogP) is 5.29. The van der Waals surface area contributed by atoms with Gasteiger partial charge in [0.2, 0.25) is 0 Å². The van der Waals surface area contributed by atoms with Gasteiger partial charge in [-0.1, -0.05) is 39.5 Å². The topological polar surface area (TPSA) is 24.9 Å². The van der Waals surface area contributed by atoms with Crippen molar-refractivity contribution in [2.45, 2.75) is 116 Å². The molecule has 4 nitrogen and oxygen atoms in total. The largest absolute Gasteiger partial charge is 0.522 e. The summed E-state index contributed by atoms with van der Waals surface area (Å²) < 4.78 is 19.0. The zero-order valence-electron chi connectivity index (χ0n) is 19.9. The van der Waals surface area contributed by atoms with Crippen LogP contribution in [0, 0.1) is 23.7 Å². The summed E-state index contributed by atoms with van der Waals surface area (Å²) in [4.78, 5) is 0. The molecule has 8 atom stereocenters. The number of hydrogen-bond donors (Lipinski definition) is 0. The lowest BCUT2D eigenvalue weighted by molar-refractivity contribution is -0.0541. The molecule has 4 rings (SSSR count). The first-order valence-electron chi connectivity index (χ1n) is 12.6. The van der Waals surface area contributed by atoms with Crippen LogP contribution in [0.2, 0.25) is 0 Å². The Bertz CT molecular complexity index is 513.